The third-order valence-corrected chi connectivity index (χ3v) is 7.61. The zero-order chi connectivity index (χ0) is 25.3. The maximum Gasteiger partial charge on any atom is 0.407 e. The Bertz CT molecular complexity index is 984. The van der Waals surface area contributed by atoms with Gasteiger partial charge in [-0.05, 0) is 29.9 Å². The molecule has 9 heteroatoms. The van der Waals surface area contributed by atoms with Gasteiger partial charge in [-0.15, -0.1) is 0 Å². The van der Waals surface area contributed by atoms with Crippen molar-refractivity contribution < 1.29 is 23.4 Å². The molecule has 1 amide bonds. The molecule has 0 bridgehead atoms. The SMILES string of the molecule is CC(C)CCN(CC(O)[C@H](Cc1ccccc1)N(Cc1ccccc1)C(=O)O)S(=O)(=O)N(C)C. The monoisotopic (exact) mass is 491 g/mol. The number of hydrogen-bond donors (Lipinski definition) is 2. The Morgan fingerprint density at radius 3 is 1.94 bits per heavy atom. The summed E-state index contributed by atoms with van der Waals surface area (Å²) in [5.41, 5.74) is 1.64. The number of aliphatic hydroxyl groups excluding tert-OH is 1. The summed E-state index contributed by atoms with van der Waals surface area (Å²) in [5.74, 6) is 0.269. The van der Waals surface area contributed by atoms with Gasteiger partial charge in [0.15, 0.2) is 0 Å². The zero-order valence-corrected chi connectivity index (χ0v) is 21.2. The van der Waals surface area contributed by atoms with E-state index in [2.05, 4.69) is 0 Å². The Balaban J connectivity index is 2.39. The summed E-state index contributed by atoms with van der Waals surface area (Å²) in [5, 5.41) is 21.4. The van der Waals surface area contributed by atoms with E-state index < -0.39 is 28.4 Å². The fraction of sp³-hybridized carbons (Fsp3) is 0.480. The second-order valence-corrected chi connectivity index (χ2v) is 11.2. The van der Waals surface area contributed by atoms with Crippen LogP contribution in [0.4, 0.5) is 4.79 Å². The molecule has 0 heterocycles. The van der Waals surface area contributed by atoms with Crippen molar-refractivity contribution in [3.63, 3.8) is 0 Å². The van der Waals surface area contributed by atoms with Gasteiger partial charge in [-0.1, -0.05) is 74.5 Å². The van der Waals surface area contributed by atoms with Gasteiger partial charge < -0.3 is 10.2 Å². The highest BCUT2D eigenvalue weighted by Crippen LogP contribution is 2.20. The van der Waals surface area contributed by atoms with Crippen LogP contribution in [-0.2, 0) is 23.2 Å². The highest BCUT2D eigenvalue weighted by Gasteiger charge is 2.34. The van der Waals surface area contributed by atoms with Crippen LogP contribution in [-0.4, -0.2) is 77.6 Å². The summed E-state index contributed by atoms with van der Waals surface area (Å²) in [6.07, 6.45) is -1.54. The van der Waals surface area contributed by atoms with Gasteiger partial charge in [-0.2, -0.15) is 17.0 Å². The minimum Gasteiger partial charge on any atom is -0.465 e. The molecule has 2 atom stereocenters. The lowest BCUT2D eigenvalue weighted by atomic mass is 9.99. The number of aliphatic hydroxyl groups is 1. The standard InChI is InChI=1S/C25H37N3O5S/c1-20(2)15-16-27(34(32,33)26(3)4)19-24(29)23(17-21-11-7-5-8-12-21)28(25(30)31)18-22-13-9-6-10-14-22/h5-14,20,23-24,29H,15-19H2,1-4H3,(H,30,31)/t23-,24?/m0/s1. The highest BCUT2D eigenvalue weighted by atomic mass is 32.2. The molecule has 2 aromatic rings. The fourth-order valence-corrected chi connectivity index (χ4v) is 4.82. The van der Waals surface area contributed by atoms with E-state index in [4.69, 9.17) is 0 Å². The van der Waals surface area contributed by atoms with Crippen LogP contribution in [0.25, 0.3) is 0 Å². The van der Waals surface area contributed by atoms with Crippen LogP contribution in [0.2, 0.25) is 0 Å². The number of benzene rings is 2. The molecule has 1 unspecified atom stereocenters. The average Bonchev–Trinajstić information content (AvgIpc) is 2.79. The predicted octanol–water partition coefficient (Wildman–Crippen LogP) is 3.29. The van der Waals surface area contributed by atoms with Gasteiger partial charge in [0.2, 0.25) is 0 Å². The number of nitrogens with zero attached hydrogens (tertiary/aromatic N) is 3. The minimum absolute atomic E-state index is 0.0805. The van der Waals surface area contributed by atoms with Crippen LogP contribution in [0.5, 0.6) is 0 Å². The largest absolute Gasteiger partial charge is 0.465 e. The van der Waals surface area contributed by atoms with Crippen molar-refractivity contribution in [1.29, 1.82) is 0 Å². The molecule has 2 aromatic carbocycles. The van der Waals surface area contributed by atoms with Gasteiger partial charge in [0, 0.05) is 33.7 Å². The molecule has 0 aliphatic rings. The molecule has 34 heavy (non-hydrogen) atoms. The first-order valence-electron chi connectivity index (χ1n) is 11.5. The number of rotatable bonds is 13. The van der Waals surface area contributed by atoms with Gasteiger partial charge in [-0.25, -0.2) is 4.79 Å². The second-order valence-electron chi connectivity index (χ2n) is 9.05. The van der Waals surface area contributed by atoms with E-state index in [-0.39, 0.29) is 32.0 Å². The Morgan fingerprint density at radius 2 is 1.47 bits per heavy atom. The van der Waals surface area contributed by atoms with Gasteiger partial charge in [-0.3, -0.25) is 4.90 Å². The molecule has 2 N–H and O–H groups in total. The third kappa shape index (κ3) is 8.09. The van der Waals surface area contributed by atoms with E-state index in [1.807, 2.05) is 74.5 Å². The first-order chi connectivity index (χ1) is 16.0. The molecule has 0 spiro atoms. The Kier molecular flexibility index (Phi) is 10.5. The molecule has 0 saturated carbocycles. The Hall–Kier alpha value is -2.46. The van der Waals surface area contributed by atoms with Gasteiger partial charge >= 0.3 is 6.09 Å². The molecular formula is C25H37N3O5S. The minimum atomic E-state index is -3.80. The molecule has 0 saturated heterocycles. The molecule has 188 valence electrons. The molecule has 0 aliphatic carbocycles. The van der Waals surface area contributed by atoms with Crippen LogP contribution >= 0.6 is 0 Å². The smallest absolute Gasteiger partial charge is 0.407 e. The summed E-state index contributed by atoms with van der Waals surface area (Å²) >= 11 is 0. The summed E-state index contributed by atoms with van der Waals surface area (Å²) < 4.78 is 28.3. The number of carbonyl (C=O) groups is 1. The van der Waals surface area contributed by atoms with E-state index in [0.717, 1.165) is 15.4 Å². The number of amides is 1. The third-order valence-electron chi connectivity index (χ3n) is 5.71. The predicted molar refractivity (Wildman–Crippen MR) is 134 cm³/mol. The lowest BCUT2D eigenvalue weighted by Crippen LogP contribution is -2.53. The van der Waals surface area contributed by atoms with E-state index in [0.29, 0.717) is 6.42 Å². The van der Waals surface area contributed by atoms with Crippen molar-refractivity contribution in [2.24, 2.45) is 5.92 Å². The topological polar surface area (TPSA) is 101 Å². The lowest BCUT2D eigenvalue weighted by molar-refractivity contribution is 0.0338. The maximum atomic E-state index is 13.0. The van der Waals surface area contributed by atoms with Crippen molar-refractivity contribution in [2.45, 2.75) is 45.4 Å². The molecular weight excluding hydrogens is 454 g/mol. The molecule has 0 fully saturated rings. The summed E-state index contributed by atoms with van der Waals surface area (Å²) in [7, 11) is -0.902. The van der Waals surface area contributed by atoms with Crippen LogP contribution in [0.15, 0.2) is 60.7 Å². The summed E-state index contributed by atoms with van der Waals surface area (Å²) in [6, 6.07) is 17.6. The number of hydrogen-bond acceptors (Lipinski definition) is 4. The highest BCUT2D eigenvalue weighted by molar-refractivity contribution is 7.86. The average molecular weight is 492 g/mol. The normalized spacial score (nSPS) is 13.9. The Labute approximate surface area is 203 Å². The summed E-state index contributed by atoms with van der Waals surface area (Å²) in [6.45, 7) is 4.11. The first kappa shape index (κ1) is 27.8. The summed E-state index contributed by atoms with van der Waals surface area (Å²) in [4.78, 5) is 13.5. The molecule has 0 aliphatic heterocycles. The van der Waals surface area contributed by atoms with Crippen LogP contribution in [0.3, 0.4) is 0 Å². The van der Waals surface area contributed by atoms with Crippen molar-refractivity contribution >= 4 is 16.3 Å². The van der Waals surface area contributed by atoms with Gasteiger partial charge in [0.1, 0.15) is 0 Å². The van der Waals surface area contributed by atoms with Crippen molar-refractivity contribution in [2.75, 3.05) is 27.2 Å². The van der Waals surface area contributed by atoms with Crippen LogP contribution < -0.4 is 0 Å². The van der Waals surface area contributed by atoms with E-state index in [1.165, 1.54) is 23.3 Å². The van der Waals surface area contributed by atoms with Gasteiger partial charge in [0.05, 0.1) is 12.1 Å². The molecule has 0 radical (unpaired) electrons. The Morgan fingerprint density at radius 1 is 0.941 bits per heavy atom. The van der Waals surface area contributed by atoms with Crippen LogP contribution in [0.1, 0.15) is 31.4 Å². The quantitative estimate of drug-likeness (QED) is 0.448. The van der Waals surface area contributed by atoms with E-state index >= 15 is 0 Å². The van der Waals surface area contributed by atoms with Crippen molar-refractivity contribution in [3.8, 4) is 0 Å². The zero-order valence-electron chi connectivity index (χ0n) is 20.4. The number of carboxylic acid groups (broad SMARTS) is 1. The fourth-order valence-electron chi connectivity index (χ4n) is 3.68. The second kappa shape index (κ2) is 12.9. The first-order valence-corrected chi connectivity index (χ1v) is 12.8. The lowest BCUT2D eigenvalue weighted by Gasteiger charge is -2.36. The maximum absolute atomic E-state index is 13.0. The van der Waals surface area contributed by atoms with E-state index in [9.17, 15) is 23.4 Å². The van der Waals surface area contributed by atoms with Crippen LogP contribution in [0, 0.1) is 5.92 Å². The molecule has 0 aromatic heterocycles. The van der Waals surface area contributed by atoms with Crippen molar-refractivity contribution in [3.05, 3.63) is 71.8 Å². The van der Waals surface area contributed by atoms with E-state index in [1.54, 1.807) is 0 Å². The molecule has 8 nitrogen and oxygen atoms in total. The van der Waals surface area contributed by atoms with Crippen molar-refractivity contribution in [1.82, 2.24) is 13.5 Å². The van der Waals surface area contributed by atoms with Gasteiger partial charge in [0.25, 0.3) is 10.2 Å². The molecule has 2 rings (SSSR count).